The maximum Gasteiger partial charge on any atom is 0.263 e. The summed E-state index contributed by atoms with van der Waals surface area (Å²) in [6.07, 6.45) is 0. The van der Waals surface area contributed by atoms with Crippen LogP contribution in [-0.4, -0.2) is 20.1 Å². The molecule has 0 aliphatic rings. The van der Waals surface area contributed by atoms with Crippen molar-refractivity contribution in [2.45, 2.75) is 0 Å². The van der Waals surface area contributed by atoms with Gasteiger partial charge >= 0.3 is 0 Å². The molecule has 0 spiro atoms. The lowest BCUT2D eigenvalue weighted by atomic mass is 10.1. The van der Waals surface area contributed by atoms with Crippen LogP contribution >= 0.6 is 15.9 Å². The zero-order chi connectivity index (χ0) is 15.4. The van der Waals surface area contributed by atoms with Crippen molar-refractivity contribution in [1.29, 1.82) is 0 Å². The lowest BCUT2D eigenvalue weighted by Gasteiger charge is -2.14. The van der Waals surface area contributed by atoms with Gasteiger partial charge in [-0.2, -0.15) is 0 Å². The molecular formula is C15H15BrN2O3. The van der Waals surface area contributed by atoms with Gasteiger partial charge in [0.15, 0.2) is 0 Å². The molecule has 0 aliphatic heterocycles. The van der Waals surface area contributed by atoms with Gasteiger partial charge in [0.2, 0.25) is 0 Å². The molecule has 0 fully saturated rings. The van der Waals surface area contributed by atoms with E-state index < -0.39 is 0 Å². The Hall–Kier alpha value is -2.21. The molecule has 110 valence electrons. The van der Waals surface area contributed by atoms with Crippen molar-refractivity contribution in [3.8, 4) is 11.5 Å². The highest BCUT2D eigenvalue weighted by Gasteiger charge is 2.19. The van der Waals surface area contributed by atoms with Gasteiger partial charge in [-0.1, -0.05) is 6.07 Å². The SMILES string of the molecule is COc1cccc(OC)c1C(=O)Nc1cc(N)ccc1Br. The first kappa shape index (κ1) is 15.2. The lowest BCUT2D eigenvalue weighted by molar-refractivity contribution is 0.102. The van der Waals surface area contributed by atoms with E-state index in [2.05, 4.69) is 21.2 Å². The first-order valence-corrected chi connectivity index (χ1v) is 6.93. The number of anilines is 2. The fourth-order valence-electron chi connectivity index (χ4n) is 1.90. The average molecular weight is 351 g/mol. The summed E-state index contributed by atoms with van der Waals surface area (Å²) in [7, 11) is 3.00. The number of nitrogen functional groups attached to an aromatic ring is 1. The fourth-order valence-corrected chi connectivity index (χ4v) is 2.24. The highest BCUT2D eigenvalue weighted by atomic mass is 79.9. The standard InChI is InChI=1S/C15H15BrN2O3/c1-20-12-4-3-5-13(21-2)14(12)15(19)18-11-8-9(17)6-7-10(11)16/h3-8H,17H2,1-2H3,(H,18,19). The molecular weight excluding hydrogens is 336 g/mol. The number of carbonyl (C=O) groups is 1. The van der Waals surface area contributed by atoms with Crippen LogP contribution in [0.25, 0.3) is 0 Å². The summed E-state index contributed by atoms with van der Waals surface area (Å²) < 4.78 is 11.2. The van der Waals surface area contributed by atoms with Crippen molar-refractivity contribution in [3.63, 3.8) is 0 Å². The maximum atomic E-state index is 12.5. The van der Waals surface area contributed by atoms with Gasteiger partial charge in [-0.05, 0) is 46.3 Å². The van der Waals surface area contributed by atoms with Crippen molar-refractivity contribution < 1.29 is 14.3 Å². The predicted molar refractivity (Wildman–Crippen MR) is 86.1 cm³/mol. The van der Waals surface area contributed by atoms with Crippen LogP contribution in [0.3, 0.4) is 0 Å². The highest BCUT2D eigenvalue weighted by Crippen LogP contribution is 2.31. The second-order valence-corrected chi connectivity index (χ2v) is 5.09. The van der Waals surface area contributed by atoms with Gasteiger partial charge in [0.1, 0.15) is 17.1 Å². The summed E-state index contributed by atoms with van der Waals surface area (Å²) in [5.74, 6) is 0.536. The third kappa shape index (κ3) is 3.28. The Balaban J connectivity index is 2.38. The number of benzene rings is 2. The van der Waals surface area contributed by atoms with Crippen LogP contribution in [0, 0.1) is 0 Å². The van der Waals surface area contributed by atoms with Gasteiger partial charge in [0, 0.05) is 10.2 Å². The highest BCUT2D eigenvalue weighted by molar-refractivity contribution is 9.10. The Morgan fingerprint density at radius 1 is 1.14 bits per heavy atom. The molecule has 2 aromatic carbocycles. The number of nitrogens with two attached hydrogens (primary N) is 1. The molecule has 2 aromatic rings. The molecule has 0 atom stereocenters. The topological polar surface area (TPSA) is 73.6 Å². The third-order valence-electron chi connectivity index (χ3n) is 2.89. The Bertz CT molecular complexity index is 652. The Labute approximate surface area is 131 Å². The largest absolute Gasteiger partial charge is 0.496 e. The number of methoxy groups -OCH3 is 2. The van der Waals surface area contributed by atoms with Gasteiger partial charge in [-0.3, -0.25) is 4.79 Å². The molecule has 0 unspecified atom stereocenters. The summed E-state index contributed by atoms with van der Waals surface area (Å²) in [6.45, 7) is 0. The van der Waals surface area contributed by atoms with Crippen LogP contribution in [0.4, 0.5) is 11.4 Å². The zero-order valence-electron chi connectivity index (χ0n) is 11.6. The summed E-state index contributed by atoms with van der Waals surface area (Å²) >= 11 is 3.37. The molecule has 6 heteroatoms. The minimum atomic E-state index is -0.337. The Morgan fingerprint density at radius 3 is 2.33 bits per heavy atom. The molecule has 1 amide bonds. The first-order valence-electron chi connectivity index (χ1n) is 6.14. The van der Waals surface area contributed by atoms with E-state index in [1.807, 2.05) is 0 Å². The number of rotatable bonds is 4. The van der Waals surface area contributed by atoms with Crippen LogP contribution < -0.4 is 20.5 Å². The normalized spacial score (nSPS) is 10.0. The quantitative estimate of drug-likeness (QED) is 0.829. The summed E-state index contributed by atoms with van der Waals surface area (Å²) in [5, 5.41) is 2.79. The van der Waals surface area contributed by atoms with Crippen LogP contribution in [0.2, 0.25) is 0 Å². The summed E-state index contributed by atoms with van der Waals surface area (Å²) in [5.41, 5.74) is 7.20. The van der Waals surface area contributed by atoms with Crippen molar-refractivity contribution in [2.24, 2.45) is 0 Å². The van der Waals surface area contributed by atoms with E-state index in [-0.39, 0.29) is 5.91 Å². The van der Waals surface area contributed by atoms with Crippen LogP contribution in [0.1, 0.15) is 10.4 Å². The number of halogens is 1. The Morgan fingerprint density at radius 2 is 1.76 bits per heavy atom. The molecule has 3 N–H and O–H groups in total. The van der Waals surface area contributed by atoms with E-state index in [0.29, 0.717) is 28.4 Å². The van der Waals surface area contributed by atoms with E-state index >= 15 is 0 Å². The van der Waals surface area contributed by atoms with E-state index in [9.17, 15) is 4.79 Å². The molecule has 0 saturated carbocycles. The molecule has 0 heterocycles. The van der Waals surface area contributed by atoms with E-state index in [0.717, 1.165) is 4.47 Å². The number of nitrogens with one attached hydrogen (secondary N) is 1. The van der Waals surface area contributed by atoms with Crippen molar-refractivity contribution in [2.75, 3.05) is 25.3 Å². The molecule has 0 saturated heterocycles. The predicted octanol–water partition coefficient (Wildman–Crippen LogP) is 3.30. The van der Waals surface area contributed by atoms with Crippen LogP contribution in [-0.2, 0) is 0 Å². The number of amides is 1. The minimum absolute atomic E-state index is 0.330. The summed E-state index contributed by atoms with van der Waals surface area (Å²) in [4.78, 5) is 12.5. The van der Waals surface area contributed by atoms with Gasteiger partial charge in [0.05, 0.1) is 19.9 Å². The fraction of sp³-hybridized carbons (Fsp3) is 0.133. The molecule has 21 heavy (non-hydrogen) atoms. The Kier molecular flexibility index (Phi) is 4.70. The lowest BCUT2D eigenvalue weighted by Crippen LogP contribution is -2.15. The second kappa shape index (κ2) is 6.49. The van der Waals surface area contributed by atoms with E-state index in [1.165, 1.54) is 14.2 Å². The summed E-state index contributed by atoms with van der Waals surface area (Å²) in [6, 6.07) is 10.3. The van der Waals surface area contributed by atoms with E-state index in [1.54, 1.807) is 36.4 Å². The first-order chi connectivity index (χ1) is 10.1. The number of carbonyl (C=O) groups excluding carboxylic acids is 1. The monoisotopic (exact) mass is 350 g/mol. The van der Waals surface area contributed by atoms with E-state index in [4.69, 9.17) is 15.2 Å². The number of hydrogen-bond acceptors (Lipinski definition) is 4. The molecule has 5 nitrogen and oxygen atoms in total. The van der Waals surface area contributed by atoms with Gasteiger partial charge < -0.3 is 20.5 Å². The smallest absolute Gasteiger partial charge is 0.263 e. The number of hydrogen-bond donors (Lipinski definition) is 2. The van der Waals surface area contributed by atoms with Gasteiger partial charge in [0.25, 0.3) is 5.91 Å². The average Bonchev–Trinajstić information content (AvgIpc) is 2.49. The van der Waals surface area contributed by atoms with Crippen LogP contribution in [0.15, 0.2) is 40.9 Å². The number of ether oxygens (including phenoxy) is 2. The molecule has 0 aromatic heterocycles. The minimum Gasteiger partial charge on any atom is -0.496 e. The molecule has 0 aliphatic carbocycles. The molecule has 2 rings (SSSR count). The second-order valence-electron chi connectivity index (χ2n) is 4.23. The van der Waals surface area contributed by atoms with Gasteiger partial charge in [-0.15, -0.1) is 0 Å². The van der Waals surface area contributed by atoms with Crippen molar-refractivity contribution >= 4 is 33.2 Å². The van der Waals surface area contributed by atoms with Crippen molar-refractivity contribution in [1.82, 2.24) is 0 Å². The molecule has 0 radical (unpaired) electrons. The zero-order valence-corrected chi connectivity index (χ0v) is 13.2. The van der Waals surface area contributed by atoms with Crippen molar-refractivity contribution in [3.05, 3.63) is 46.4 Å². The third-order valence-corrected chi connectivity index (χ3v) is 3.59. The van der Waals surface area contributed by atoms with Gasteiger partial charge in [-0.25, -0.2) is 0 Å². The van der Waals surface area contributed by atoms with Crippen LogP contribution in [0.5, 0.6) is 11.5 Å². The molecule has 0 bridgehead atoms. The maximum absolute atomic E-state index is 12.5.